The zero-order valence-corrected chi connectivity index (χ0v) is 67.6. The van der Waals surface area contributed by atoms with Crippen LogP contribution in [0.3, 0.4) is 0 Å². The van der Waals surface area contributed by atoms with Gasteiger partial charge >= 0.3 is 0 Å². The van der Waals surface area contributed by atoms with E-state index in [4.69, 9.17) is 0 Å². The van der Waals surface area contributed by atoms with Crippen LogP contribution in [0, 0.1) is 125 Å². The molecule has 0 aliphatic rings. The molecule has 0 aromatic heterocycles. The average molecular weight is 1410 g/mol. The summed E-state index contributed by atoms with van der Waals surface area (Å²) in [5.41, 5.74) is 39.6. The van der Waals surface area contributed by atoms with Gasteiger partial charge in [-0.05, 0) is 225 Å². The van der Waals surface area contributed by atoms with Crippen LogP contribution >= 0.6 is 0 Å². The molecule has 0 unspecified atom stereocenters. The van der Waals surface area contributed by atoms with Gasteiger partial charge in [0.2, 0.25) is 0 Å². The van der Waals surface area contributed by atoms with Gasteiger partial charge in [-0.25, -0.2) is 0 Å². The standard InChI is InChI=1S/6C14H14.3C8H10/c1-11-3-7-13(8-4-11)14-9-5-12(2)6-10-14;1-11-5-3-7-13(9-11)14-8-4-6-12(2)10-14;1-11-7-3-5-9-13(11)14-10-6-4-8-12(14)2;1-11-6-5-8-13(10-11)14-9-4-3-7-12(14)2;1-11-6-8-13(9-7-11)14-5-3-4-12(2)10-14;1-11-7-9-13(10-8-11)14-6-4-3-5-12(14)2;1-7-3-5-8(2)6-4-7;1-7-4-3-5-8(2)6-7;1-7-5-3-4-6-8(7)2/h6*3-10H,1-2H3;3*3-6H,1-2H3. The van der Waals surface area contributed by atoms with Crippen molar-refractivity contribution in [2.24, 2.45) is 0 Å². The molecule has 0 aliphatic carbocycles. The lowest BCUT2D eigenvalue weighted by molar-refractivity contribution is 1.34. The molecule has 0 atom stereocenters. The van der Waals surface area contributed by atoms with Crippen LogP contribution < -0.4 is 0 Å². The molecule has 108 heavy (non-hydrogen) atoms. The Morgan fingerprint density at radius 3 is 0.537 bits per heavy atom. The minimum absolute atomic E-state index is 1.29. The molecule has 15 aromatic carbocycles. The van der Waals surface area contributed by atoms with E-state index in [-0.39, 0.29) is 0 Å². The molecule has 0 heterocycles. The average Bonchev–Trinajstić information content (AvgIpc) is 0.844. The third kappa shape index (κ3) is 29.3. The molecule has 0 radical (unpaired) electrons. The van der Waals surface area contributed by atoms with Gasteiger partial charge < -0.3 is 0 Å². The van der Waals surface area contributed by atoms with Crippen LogP contribution in [0.4, 0.5) is 0 Å². The molecule has 0 spiro atoms. The van der Waals surface area contributed by atoms with Gasteiger partial charge in [0.25, 0.3) is 0 Å². The lowest BCUT2D eigenvalue weighted by atomic mass is 9.97. The fourth-order valence-corrected chi connectivity index (χ4v) is 11.9. The Morgan fingerprint density at radius 1 is 0.102 bits per heavy atom. The summed E-state index contributed by atoms with van der Waals surface area (Å²) in [7, 11) is 0. The second-order valence-corrected chi connectivity index (χ2v) is 28.6. The Labute approximate surface area is 651 Å². The van der Waals surface area contributed by atoms with Crippen molar-refractivity contribution >= 4 is 0 Å². The number of benzene rings is 15. The summed E-state index contributed by atoms with van der Waals surface area (Å²) in [5, 5.41) is 0. The van der Waals surface area contributed by atoms with Gasteiger partial charge in [0.1, 0.15) is 0 Å². The summed E-state index contributed by atoms with van der Waals surface area (Å²) in [6.07, 6.45) is 0. The van der Waals surface area contributed by atoms with Crippen molar-refractivity contribution in [3.05, 3.63) is 464 Å². The monoisotopic (exact) mass is 1410 g/mol. The molecule has 0 heteroatoms. The van der Waals surface area contributed by atoms with Crippen molar-refractivity contribution in [2.45, 2.75) is 125 Å². The second-order valence-electron chi connectivity index (χ2n) is 28.6. The van der Waals surface area contributed by atoms with Crippen LogP contribution in [-0.2, 0) is 0 Å². The van der Waals surface area contributed by atoms with E-state index in [0.717, 1.165) is 0 Å². The molecular formula is C108H114. The Kier molecular flexibility index (Phi) is 34.3. The van der Waals surface area contributed by atoms with E-state index < -0.39 is 0 Å². The minimum atomic E-state index is 1.29. The number of rotatable bonds is 6. The first-order chi connectivity index (χ1) is 52.0. The molecule has 0 saturated heterocycles. The molecule has 0 bridgehead atoms. The van der Waals surface area contributed by atoms with Crippen LogP contribution in [0.5, 0.6) is 0 Å². The van der Waals surface area contributed by atoms with E-state index >= 15 is 0 Å². The molecule has 15 aromatic rings. The molecule has 15 rings (SSSR count). The van der Waals surface area contributed by atoms with Crippen molar-refractivity contribution < 1.29 is 0 Å². The molecule has 0 saturated carbocycles. The van der Waals surface area contributed by atoms with E-state index in [9.17, 15) is 0 Å². The van der Waals surface area contributed by atoms with Gasteiger partial charge in [0, 0.05) is 0 Å². The number of hydrogen-bond acceptors (Lipinski definition) is 0. The third-order valence-electron chi connectivity index (χ3n) is 18.6. The highest BCUT2D eigenvalue weighted by Gasteiger charge is 2.05. The minimum Gasteiger partial charge on any atom is -0.0620 e. The van der Waals surface area contributed by atoms with Gasteiger partial charge in [0.05, 0.1) is 0 Å². The van der Waals surface area contributed by atoms with E-state index in [1.807, 2.05) is 0 Å². The predicted molar refractivity (Wildman–Crippen MR) is 476 cm³/mol. The van der Waals surface area contributed by atoms with Gasteiger partial charge in [-0.15, -0.1) is 0 Å². The molecular weight excluding hydrogens is 1300 g/mol. The van der Waals surface area contributed by atoms with Crippen molar-refractivity contribution in [3.8, 4) is 66.8 Å². The van der Waals surface area contributed by atoms with Crippen LogP contribution in [0.2, 0.25) is 0 Å². The molecule has 546 valence electrons. The summed E-state index contributed by atoms with van der Waals surface area (Å²) >= 11 is 0. The molecule has 0 nitrogen and oxygen atoms in total. The van der Waals surface area contributed by atoms with E-state index in [0.29, 0.717) is 0 Å². The van der Waals surface area contributed by atoms with Crippen LogP contribution in [-0.4, -0.2) is 0 Å². The third-order valence-corrected chi connectivity index (χ3v) is 18.6. The Morgan fingerprint density at radius 2 is 0.287 bits per heavy atom. The summed E-state index contributed by atoms with van der Waals surface area (Å²) in [6, 6.07) is 128. The lowest BCUT2D eigenvalue weighted by Crippen LogP contribution is -1.85. The zero-order chi connectivity index (χ0) is 77.7. The van der Waals surface area contributed by atoms with Crippen LogP contribution in [0.15, 0.2) is 364 Å². The predicted octanol–water partition coefficient (Wildman–Crippen LogP) is 30.7. The van der Waals surface area contributed by atoms with Crippen molar-refractivity contribution in [1.82, 2.24) is 0 Å². The number of aryl methyl sites for hydroxylation is 18. The van der Waals surface area contributed by atoms with Gasteiger partial charge in [-0.3, -0.25) is 0 Å². The van der Waals surface area contributed by atoms with E-state index in [1.165, 1.54) is 167 Å². The van der Waals surface area contributed by atoms with Crippen molar-refractivity contribution in [1.29, 1.82) is 0 Å². The Hall–Kier alpha value is -11.7. The fraction of sp³-hybridized carbons (Fsp3) is 0.167. The van der Waals surface area contributed by atoms with Crippen molar-refractivity contribution in [3.63, 3.8) is 0 Å². The zero-order valence-electron chi connectivity index (χ0n) is 67.6. The molecule has 0 aliphatic heterocycles. The quantitative estimate of drug-likeness (QED) is 0.156. The summed E-state index contributed by atoms with van der Waals surface area (Å²) in [4.78, 5) is 0. The fourth-order valence-electron chi connectivity index (χ4n) is 11.9. The SMILES string of the molecule is Cc1ccc(-c2ccc(C)cc2)cc1.Cc1ccc(-c2cccc(C)c2)cc1.Cc1ccc(-c2ccccc2C)cc1.Cc1ccc(C)cc1.Cc1cccc(-c2cccc(C)c2)c1.Cc1cccc(-c2ccccc2C)c1.Cc1cccc(C)c1.Cc1ccccc1-c1ccccc1C.Cc1ccccc1C. The second kappa shape index (κ2) is 44.3. The first kappa shape index (κ1) is 83.6. The normalized spacial score (nSPS) is 9.94. The first-order valence-corrected chi connectivity index (χ1v) is 37.9. The summed E-state index contributed by atoms with van der Waals surface area (Å²) in [6.45, 7) is 38.2. The number of hydrogen-bond donors (Lipinski definition) is 0. The molecule has 0 amide bonds. The van der Waals surface area contributed by atoms with Crippen LogP contribution in [0.25, 0.3) is 66.8 Å². The summed E-state index contributed by atoms with van der Waals surface area (Å²) < 4.78 is 0. The maximum absolute atomic E-state index is 2.22. The maximum atomic E-state index is 2.22. The Balaban J connectivity index is 0.000000171. The smallest absolute Gasteiger partial charge is 0.0152 e. The molecule has 0 fully saturated rings. The van der Waals surface area contributed by atoms with E-state index in [1.54, 1.807) is 0 Å². The van der Waals surface area contributed by atoms with E-state index in [2.05, 4.69) is 489 Å². The topological polar surface area (TPSA) is 0 Å². The van der Waals surface area contributed by atoms with Crippen molar-refractivity contribution in [2.75, 3.05) is 0 Å². The molecule has 0 N–H and O–H groups in total. The van der Waals surface area contributed by atoms with Gasteiger partial charge in [0.15, 0.2) is 0 Å². The Bertz CT molecular complexity index is 4930. The first-order valence-electron chi connectivity index (χ1n) is 37.9. The highest BCUT2D eigenvalue weighted by atomic mass is 14.1. The summed E-state index contributed by atoms with van der Waals surface area (Å²) in [5.74, 6) is 0. The maximum Gasteiger partial charge on any atom is -0.0152 e. The lowest BCUT2D eigenvalue weighted by Gasteiger charge is -2.08. The largest absolute Gasteiger partial charge is 0.0620 e. The van der Waals surface area contributed by atoms with Gasteiger partial charge in [-0.2, -0.15) is 0 Å². The highest BCUT2D eigenvalue weighted by molar-refractivity contribution is 5.72. The van der Waals surface area contributed by atoms with Gasteiger partial charge in [-0.1, -0.05) is 431 Å². The highest BCUT2D eigenvalue weighted by Crippen LogP contribution is 2.29. The van der Waals surface area contributed by atoms with Crippen LogP contribution in [0.1, 0.15) is 100 Å².